The molecule has 12 heavy (non-hydrogen) atoms. The van der Waals surface area contributed by atoms with Gasteiger partial charge in [0.25, 0.3) is 0 Å². The number of nitrogens with zero attached hydrogens (tertiary/aromatic N) is 2. The highest BCUT2D eigenvalue weighted by Gasteiger charge is 2.05. The zero-order chi connectivity index (χ0) is 8.97. The van der Waals surface area contributed by atoms with E-state index in [4.69, 9.17) is 14.9 Å². The van der Waals surface area contributed by atoms with E-state index < -0.39 is 0 Å². The van der Waals surface area contributed by atoms with E-state index in [0.29, 0.717) is 12.3 Å². The minimum Gasteiger partial charge on any atom is -0.408 e. The number of hydrogen-bond acceptors (Lipinski definition) is 5. The number of ether oxygens (including phenoxy) is 1. The van der Waals surface area contributed by atoms with Gasteiger partial charge in [-0.2, -0.15) is 0 Å². The summed E-state index contributed by atoms with van der Waals surface area (Å²) in [7, 11) is 1.67. The summed E-state index contributed by atoms with van der Waals surface area (Å²) in [5.41, 5.74) is 5.25. The summed E-state index contributed by atoms with van der Waals surface area (Å²) in [4.78, 5) is 0. The Hall–Kier alpha value is -1.10. The lowest BCUT2D eigenvalue weighted by Gasteiger charge is -2.05. The molecule has 1 aromatic heterocycles. The van der Waals surface area contributed by atoms with E-state index in [1.54, 1.807) is 7.11 Å². The molecule has 1 unspecified atom stereocenters. The van der Waals surface area contributed by atoms with Crippen LogP contribution in [-0.2, 0) is 11.2 Å². The van der Waals surface area contributed by atoms with Gasteiger partial charge < -0.3 is 14.9 Å². The van der Waals surface area contributed by atoms with Gasteiger partial charge in [0, 0.05) is 13.5 Å². The molecule has 1 atom stereocenters. The molecule has 0 fully saturated rings. The first-order chi connectivity index (χ1) is 5.72. The Bertz CT molecular complexity index is 236. The zero-order valence-corrected chi connectivity index (χ0v) is 7.28. The Kier molecular flexibility index (Phi) is 3.04. The van der Waals surface area contributed by atoms with E-state index in [1.165, 1.54) is 0 Å². The number of nitrogen functional groups attached to an aromatic ring is 1. The summed E-state index contributed by atoms with van der Waals surface area (Å²) in [6, 6.07) is 0.120. The predicted molar refractivity (Wildman–Crippen MR) is 43.5 cm³/mol. The highest BCUT2D eigenvalue weighted by Crippen LogP contribution is 2.06. The van der Waals surface area contributed by atoms with E-state index in [9.17, 15) is 0 Å². The quantitative estimate of drug-likeness (QED) is 0.718. The second-order valence-corrected chi connectivity index (χ2v) is 2.62. The molecular formula is C7H13N3O2. The first-order valence-corrected chi connectivity index (χ1v) is 3.83. The number of nitrogens with two attached hydrogens (primary N) is 1. The smallest absolute Gasteiger partial charge is 0.312 e. The lowest BCUT2D eigenvalue weighted by Crippen LogP contribution is -2.05. The largest absolute Gasteiger partial charge is 0.408 e. The number of aryl methyl sites for hydroxylation is 1. The van der Waals surface area contributed by atoms with Gasteiger partial charge in [0.05, 0.1) is 6.10 Å². The van der Waals surface area contributed by atoms with Crippen LogP contribution in [-0.4, -0.2) is 23.4 Å². The number of methoxy groups -OCH3 is 1. The SMILES string of the molecule is COC(C)CCc1nnc(N)o1. The van der Waals surface area contributed by atoms with Crippen LogP contribution < -0.4 is 5.73 Å². The van der Waals surface area contributed by atoms with E-state index in [1.807, 2.05) is 6.92 Å². The molecule has 0 aliphatic carbocycles. The van der Waals surface area contributed by atoms with Gasteiger partial charge in [-0.3, -0.25) is 0 Å². The summed E-state index contributed by atoms with van der Waals surface area (Å²) in [5, 5.41) is 7.27. The van der Waals surface area contributed by atoms with E-state index >= 15 is 0 Å². The van der Waals surface area contributed by atoms with Crippen LogP contribution in [0.1, 0.15) is 19.2 Å². The normalized spacial score (nSPS) is 13.2. The third kappa shape index (κ3) is 2.50. The molecule has 0 amide bonds. The van der Waals surface area contributed by atoms with Gasteiger partial charge in [0.1, 0.15) is 0 Å². The topological polar surface area (TPSA) is 74.2 Å². The van der Waals surface area contributed by atoms with Crippen molar-refractivity contribution in [1.29, 1.82) is 0 Å². The van der Waals surface area contributed by atoms with Gasteiger partial charge in [-0.05, 0) is 13.3 Å². The molecule has 0 spiro atoms. The van der Waals surface area contributed by atoms with Crippen LogP contribution in [0.2, 0.25) is 0 Å². The summed E-state index contributed by atoms with van der Waals surface area (Å²) in [5.74, 6) is 0.566. The van der Waals surface area contributed by atoms with Crippen molar-refractivity contribution in [2.45, 2.75) is 25.9 Å². The molecule has 0 aliphatic heterocycles. The van der Waals surface area contributed by atoms with Crippen molar-refractivity contribution in [1.82, 2.24) is 10.2 Å². The van der Waals surface area contributed by atoms with Crippen molar-refractivity contribution < 1.29 is 9.15 Å². The maximum absolute atomic E-state index is 5.25. The molecule has 1 rings (SSSR count). The molecule has 0 bridgehead atoms. The maximum atomic E-state index is 5.25. The van der Waals surface area contributed by atoms with Crippen LogP contribution in [0.25, 0.3) is 0 Å². The molecule has 0 radical (unpaired) electrons. The van der Waals surface area contributed by atoms with Crippen LogP contribution in [0.5, 0.6) is 0 Å². The Balaban J connectivity index is 2.33. The van der Waals surface area contributed by atoms with E-state index in [0.717, 1.165) is 6.42 Å². The van der Waals surface area contributed by atoms with Crippen LogP contribution >= 0.6 is 0 Å². The molecular weight excluding hydrogens is 158 g/mol. The lowest BCUT2D eigenvalue weighted by molar-refractivity contribution is 0.109. The van der Waals surface area contributed by atoms with Gasteiger partial charge in [-0.15, -0.1) is 5.10 Å². The molecule has 0 saturated carbocycles. The Morgan fingerprint density at radius 3 is 2.83 bits per heavy atom. The monoisotopic (exact) mass is 171 g/mol. The number of hydrogen-bond donors (Lipinski definition) is 1. The van der Waals surface area contributed by atoms with Crippen molar-refractivity contribution >= 4 is 6.01 Å². The molecule has 0 aliphatic rings. The number of rotatable bonds is 4. The molecule has 1 aromatic rings. The second kappa shape index (κ2) is 4.06. The molecule has 5 heteroatoms. The molecule has 0 saturated heterocycles. The Morgan fingerprint density at radius 2 is 2.33 bits per heavy atom. The molecule has 2 N–H and O–H groups in total. The van der Waals surface area contributed by atoms with Crippen molar-refractivity contribution in [3.8, 4) is 0 Å². The molecule has 5 nitrogen and oxygen atoms in total. The van der Waals surface area contributed by atoms with Crippen LogP contribution in [0.3, 0.4) is 0 Å². The Morgan fingerprint density at radius 1 is 1.58 bits per heavy atom. The fourth-order valence-electron chi connectivity index (χ4n) is 0.812. The zero-order valence-electron chi connectivity index (χ0n) is 7.28. The minimum absolute atomic E-state index is 0.120. The van der Waals surface area contributed by atoms with Crippen molar-refractivity contribution in [3.63, 3.8) is 0 Å². The van der Waals surface area contributed by atoms with Gasteiger partial charge >= 0.3 is 6.01 Å². The van der Waals surface area contributed by atoms with Crippen molar-refractivity contribution in [2.75, 3.05) is 12.8 Å². The fraction of sp³-hybridized carbons (Fsp3) is 0.714. The minimum atomic E-state index is 0.120. The summed E-state index contributed by atoms with van der Waals surface area (Å²) >= 11 is 0. The predicted octanol–water partition coefficient (Wildman–Crippen LogP) is 0.619. The summed E-state index contributed by atoms with van der Waals surface area (Å²) in [6.07, 6.45) is 1.77. The molecule has 1 heterocycles. The van der Waals surface area contributed by atoms with Gasteiger partial charge in [0.15, 0.2) is 0 Å². The summed E-state index contributed by atoms with van der Waals surface area (Å²) < 4.78 is 10.0. The van der Waals surface area contributed by atoms with Crippen LogP contribution in [0.15, 0.2) is 4.42 Å². The number of anilines is 1. The van der Waals surface area contributed by atoms with Crippen LogP contribution in [0, 0.1) is 0 Å². The second-order valence-electron chi connectivity index (χ2n) is 2.62. The summed E-state index contributed by atoms with van der Waals surface area (Å²) in [6.45, 7) is 1.99. The van der Waals surface area contributed by atoms with Crippen LogP contribution in [0.4, 0.5) is 6.01 Å². The number of aromatic nitrogens is 2. The third-order valence-electron chi connectivity index (χ3n) is 1.65. The van der Waals surface area contributed by atoms with Crippen molar-refractivity contribution in [3.05, 3.63) is 5.89 Å². The maximum Gasteiger partial charge on any atom is 0.312 e. The first-order valence-electron chi connectivity index (χ1n) is 3.83. The standard InChI is InChI=1S/C7H13N3O2/c1-5(11-2)3-4-6-9-10-7(8)12-6/h5H,3-4H2,1-2H3,(H2,8,10). The average molecular weight is 171 g/mol. The highest BCUT2D eigenvalue weighted by molar-refractivity contribution is 5.04. The first kappa shape index (κ1) is 8.99. The van der Waals surface area contributed by atoms with E-state index in [-0.39, 0.29) is 12.1 Å². The lowest BCUT2D eigenvalue weighted by atomic mass is 10.2. The molecule has 68 valence electrons. The van der Waals surface area contributed by atoms with Crippen molar-refractivity contribution in [2.24, 2.45) is 0 Å². The average Bonchev–Trinajstić information content (AvgIpc) is 2.47. The third-order valence-corrected chi connectivity index (χ3v) is 1.65. The Labute approximate surface area is 70.9 Å². The van der Waals surface area contributed by atoms with Gasteiger partial charge in [-0.1, -0.05) is 5.10 Å². The fourth-order valence-corrected chi connectivity index (χ4v) is 0.812. The molecule has 0 aromatic carbocycles. The highest BCUT2D eigenvalue weighted by atomic mass is 16.5. The van der Waals surface area contributed by atoms with Gasteiger partial charge in [0.2, 0.25) is 5.89 Å². The van der Waals surface area contributed by atoms with Gasteiger partial charge in [-0.25, -0.2) is 0 Å². The van der Waals surface area contributed by atoms with E-state index in [2.05, 4.69) is 10.2 Å².